The number of rotatable bonds is 2. The van der Waals surface area contributed by atoms with Crippen molar-refractivity contribution in [3.8, 4) is 0 Å². The van der Waals surface area contributed by atoms with Crippen LogP contribution in [0.5, 0.6) is 0 Å². The second kappa shape index (κ2) is 5.36. The number of hydrogen-bond donors (Lipinski definition) is 1. The normalized spacial score (nSPS) is 23.2. The lowest BCUT2D eigenvalue weighted by atomic mass is 10.3. The molecule has 1 fully saturated rings. The quantitative estimate of drug-likeness (QED) is 0.418. The molecule has 3 nitrogen and oxygen atoms in total. The molecule has 1 N–H and O–H groups in total. The molecule has 1 heterocycles. The van der Waals surface area contributed by atoms with Gasteiger partial charge in [0.2, 0.25) is 0 Å². The van der Waals surface area contributed by atoms with Crippen LogP contribution in [0.4, 0.5) is 0 Å². The summed E-state index contributed by atoms with van der Waals surface area (Å²) >= 11 is 0. The Morgan fingerprint density at radius 1 is 1.33 bits per heavy atom. The largest absolute Gasteiger partial charge is 1.00 e. The van der Waals surface area contributed by atoms with Gasteiger partial charge in [-0.05, 0) is 7.05 Å². The summed E-state index contributed by atoms with van der Waals surface area (Å²) in [6, 6.07) is 0. The van der Waals surface area contributed by atoms with Crippen molar-refractivity contribution >= 4 is 0 Å². The average molecular weight is 286 g/mol. The molecule has 12 heavy (non-hydrogen) atoms. The predicted molar refractivity (Wildman–Crippen MR) is 45.4 cm³/mol. The van der Waals surface area contributed by atoms with E-state index in [4.69, 9.17) is 5.11 Å². The van der Waals surface area contributed by atoms with Crippen molar-refractivity contribution in [2.24, 2.45) is 0 Å². The Morgan fingerprint density at radius 3 is 2.25 bits per heavy atom. The standard InChI is InChI=1S/C8H19N2O.HI/c1-9-3-5-10(2,6-4-9)7-8-11;/h11H,3-8H2,1-2H3;1H/q+1;/p-1. The van der Waals surface area contributed by atoms with Crippen LogP contribution in [0.2, 0.25) is 0 Å². The van der Waals surface area contributed by atoms with Crippen LogP contribution in [0.25, 0.3) is 0 Å². The van der Waals surface area contributed by atoms with Gasteiger partial charge in [0.1, 0.15) is 6.54 Å². The van der Waals surface area contributed by atoms with Gasteiger partial charge in [-0.25, -0.2) is 0 Å². The maximum absolute atomic E-state index is 8.82. The Kier molecular flexibility index (Phi) is 5.64. The molecular formula is C8H19IN2O. The van der Waals surface area contributed by atoms with Gasteiger partial charge in [0.05, 0.1) is 26.7 Å². The number of likely N-dealkylation sites (N-methyl/N-ethyl adjacent to an activating group) is 2. The average Bonchev–Trinajstić information content (AvgIpc) is 1.97. The van der Waals surface area contributed by atoms with Crippen molar-refractivity contribution in [1.82, 2.24) is 4.90 Å². The van der Waals surface area contributed by atoms with Crippen molar-refractivity contribution in [3.05, 3.63) is 0 Å². The molecule has 0 bridgehead atoms. The molecule has 4 heteroatoms. The SMILES string of the molecule is CN1CC[N+](C)(CCO)CC1.[I-]. The van der Waals surface area contributed by atoms with Gasteiger partial charge in [0.25, 0.3) is 0 Å². The van der Waals surface area contributed by atoms with E-state index in [1.165, 1.54) is 13.1 Å². The van der Waals surface area contributed by atoms with E-state index < -0.39 is 0 Å². The minimum absolute atomic E-state index is 0. The third kappa shape index (κ3) is 3.55. The van der Waals surface area contributed by atoms with E-state index in [0.29, 0.717) is 6.61 Å². The summed E-state index contributed by atoms with van der Waals surface area (Å²) in [6.45, 7) is 5.91. The first-order valence-corrected chi connectivity index (χ1v) is 4.29. The van der Waals surface area contributed by atoms with Crippen LogP contribution in [0.3, 0.4) is 0 Å². The fraction of sp³-hybridized carbons (Fsp3) is 1.00. The van der Waals surface area contributed by atoms with Crippen molar-refractivity contribution in [3.63, 3.8) is 0 Å². The molecule has 0 atom stereocenters. The van der Waals surface area contributed by atoms with Gasteiger partial charge in [-0.1, -0.05) is 0 Å². The predicted octanol–water partition coefficient (Wildman–Crippen LogP) is -3.63. The van der Waals surface area contributed by atoms with Crippen LogP contribution >= 0.6 is 0 Å². The third-order valence-electron chi connectivity index (χ3n) is 2.68. The Morgan fingerprint density at radius 2 is 1.83 bits per heavy atom. The Labute approximate surface area is 92.0 Å². The van der Waals surface area contributed by atoms with Gasteiger partial charge < -0.3 is 33.6 Å². The van der Waals surface area contributed by atoms with Gasteiger partial charge in [-0.3, -0.25) is 4.90 Å². The second-order valence-electron chi connectivity index (χ2n) is 3.82. The number of quaternary nitrogens is 1. The summed E-state index contributed by atoms with van der Waals surface area (Å²) in [6.07, 6.45) is 0. The molecule has 1 aliphatic heterocycles. The van der Waals surface area contributed by atoms with E-state index in [-0.39, 0.29) is 24.0 Å². The molecule has 74 valence electrons. The summed E-state index contributed by atoms with van der Waals surface area (Å²) in [4.78, 5) is 2.34. The Bertz CT molecular complexity index is 124. The highest BCUT2D eigenvalue weighted by atomic mass is 127. The highest BCUT2D eigenvalue weighted by molar-refractivity contribution is 4.57. The Balaban J connectivity index is 0.00000121. The molecule has 0 aromatic heterocycles. The van der Waals surface area contributed by atoms with Crippen molar-refractivity contribution < 1.29 is 33.6 Å². The first-order valence-electron chi connectivity index (χ1n) is 4.29. The van der Waals surface area contributed by atoms with Gasteiger partial charge in [-0.15, -0.1) is 0 Å². The number of nitrogens with zero attached hydrogens (tertiary/aromatic N) is 2. The maximum atomic E-state index is 8.82. The van der Waals surface area contributed by atoms with Crippen LogP contribution < -0.4 is 24.0 Å². The third-order valence-corrected chi connectivity index (χ3v) is 2.68. The van der Waals surface area contributed by atoms with Crippen LogP contribution in [0.1, 0.15) is 0 Å². The van der Waals surface area contributed by atoms with Gasteiger partial charge in [-0.2, -0.15) is 0 Å². The number of aliphatic hydroxyl groups excluding tert-OH is 1. The van der Waals surface area contributed by atoms with Gasteiger partial charge in [0, 0.05) is 13.1 Å². The lowest BCUT2D eigenvalue weighted by Crippen LogP contribution is -3.00. The summed E-state index contributed by atoms with van der Waals surface area (Å²) < 4.78 is 1.04. The molecular weight excluding hydrogens is 267 g/mol. The first-order chi connectivity index (χ1) is 5.16. The fourth-order valence-electron chi connectivity index (χ4n) is 1.51. The van der Waals surface area contributed by atoms with Crippen molar-refractivity contribution in [2.75, 3.05) is 53.4 Å². The minimum atomic E-state index is 0. The number of halogens is 1. The minimum Gasteiger partial charge on any atom is -1.00 e. The second-order valence-corrected chi connectivity index (χ2v) is 3.82. The molecule has 0 aliphatic carbocycles. The zero-order chi connectivity index (χ0) is 8.32. The highest BCUT2D eigenvalue weighted by Crippen LogP contribution is 2.07. The smallest absolute Gasteiger partial charge is 0.102 e. The van der Waals surface area contributed by atoms with Crippen molar-refractivity contribution in [1.29, 1.82) is 0 Å². The lowest BCUT2D eigenvalue weighted by molar-refractivity contribution is -0.913. The van der Waals surface area contributed by atoms with Crippen molar-refractivity contribution in [2.45, 2.75) is 0 Å². The van der Waals surface area contributed by atoms with Crippen LogP contribution in [-0.4, -0.2) is 67.9 Å². The van der Waals surface area contributed by atoms with Crippen LogP contribution in [0, 0.1) is 0 Å². The number of hydrogen-bond acceptors (Lipinski definition) is 2. The first kappa shape index (κ1) is 12.6. The zero-order valence-electron chi connectivity index (χ0n) is 7.96. The number of aliphatic hydroxyl groups is 1. The van der Waals surface area contributed by atoms with E-state index >= 15 is 0 Å². The van der Waals surface area contributed by atoms with E-state index in [0.717, 1.165) is 24.1 Å². The molecule has 0 aromatic rings. The lowest BCUT2D eigenvalue weighted by Gasteiger charge is -2.40. The summed E-state index contributed by atoms with van der Waals surface area (Å²) in [5, 5.41) is 8.82. The molecule has 0 amide bonds. The Hall–Kier alpha value is 0.610. The molecule has 0 aromatic carbocycles. The van der Waals surface area contributed by atoms with E-state index in [1.54, 1.807) is 0 Å². The van der Waals surface area contributed by atoms with E-state index in [2.05, 4.69) is 19.0 Å². The number of piperazine rings is 1. The van der Waals surface area contributed by atoms with E-state index in [9.17, 15) is 0 Å². The monoisotopic (exact) mass is 286 g/mol. The van der Waals surface area contributed by atoms with Crippen LogP contribution in [0.15, 0.2) is 0 Å². The molecule has 1 aliphatic rings. The van der Waals surface area contributed by atoms with Gasteiger partial charge >= 0.3 is 0 Å². The molecule has 0 spiro atoms. The highest BCUT2D eigenvalue weighted by Gasteiger charge is 2.25. The molecule has 0 unspecified atom stereocenters. The molecule has 1 saturated heterocycles. The van der Waals surface area contributed by atoms with E-state index in [1.807, 2.05) is 0 Å². The maximum Gasteiger partial charge on any atom is 0.102 e. The summed E-state index contributed by atoms with van der Waals surface area (Å²) in [5.41, 5.74) is 0. The van der Waals surface area contributed by atoms with Crippen LogP contribution in [-0.2, 0) is 0 Å². The topological polar surface area (TPSA) is 23.5 Å². The van der Waals surface area contributed by atoms with Gasteiger partial charge in [0.15, 0.2) is 0 Å². The molecule has 0 saturated carbocycles. The fourth-order valence-corrected chi connectivity index (χ4v) is 1.51. The molecule has 1 rings (SSSR count). The summed E-state index contributed by atoms with van der Waals surface area (Å²) in [5.74, 6) is 0. The molecule has 0 radical (unpaired) electrons. The zero-order valence-corrected chi connectivity index (χ0v) is 10.1. The summed E-state index contributed by atoms with van der Waals surface area (Å²) in [7, 11) is 4.38.